The number of nitrogens with zero attached hydrogens (tertiary/aromatic N) is 2. The number of hydrogen-bond acceptors (Lipinski definition) is 4. The molecular formula is C21H23N3O2. The fourth-order valence-electron chi connectivity index (χ4n) is 2.75. The highest BCUT2D eigenvalue weighted by atomic mass is 16.5. The summed E-state index contributed by atoms with van der Waals surface area (Å²) in [7, 11) is 1.78. The second kappa shape index (κ2) is 7.44. The smallest absolute Gasteiger partial charge is 0.260 e. The van der Waals surface area contributed by atoms with Crippen LogP contribution in [0, 0.1) is 0 Å². The molecule has 26 heavy (non-hydrogen) atoms. The first-order valence-electron chi connectivity index (χ1n) is 8.59. The van der Waals surface area contributed by atoms with Crippen molar-refractivity contribution in [3.05, 3.63) is 54.7 Å². The predicted molar refractivity (Wildman–Crippen MR) is 105 cm³/mol. The fourth-order valence-corrected chi connectivity index (χ4v) is 2.75. The fraction of sp³-hybridized carbons (Fsp3) is 0.238. The third kappa shape index (κ3) is 3.61. The lowest BCUT2D eigenvalue weighted by atomic mass is 9.98. The van der Waals surface area contributed by atoms with Gasteiger partial charge in [-0.2, -0.15) is 0 Å². The van der Waals surface area contributed by atoms with Crippen molar-refractivity contribution in [1.29, 1.82) is 0 Å². The van der Waals surface area contributed by atoms with E-state index in [0.717, 1.165) is 21.9 Å². The molecule has 0 saturated heterocycles. The number of fused-ring (bicyclic) bond motifs is 1. The van der Waals surface area contributed by atoms with Gasteiger partial charge in [-0.25, -0.2) is 4.98 Å². The highest BCUT2D eigenvalue weighted by Gasteiger charge is 2.16. The third-order valence-corrected chi connectivity index (χ3v) is 4.48. The molecule has 0 spiro atoms. The summed E-state index contributed by atoms with van der Waals surface area (Å²) < 4.78 is 5.91. The van der Waals surface area contributed by atoms with Gasteiger partial charge in [0.05, 0.1) is 0 Å². The van der Waals surface area contributed by atoms with Crippen molar-refractivity contribution in [2.24, 2.45) is 0 Å². The molecule has 0 aliphatic heterocycles. The lowest BCUT2D eigenvalue weighted by Gasteiger charge is -2.22. The molecule has 0 aliphatic rings. The van der Waals surface area contributed by atoms with Gasteiger partial charge in [0, 0.05) is 30.4 Å². The number of amides is 1. The van der Waals surface area contributed by atoms with Crippen LogP contribution in [0.4, 0.5) is 5.82 Å². The van der Waals surface area contributed by atoms with Gasteiger partial charge in [0.1, 0.15) is 11.6 Å². The molecule has 1 amide bonds. The minimum absolute atomic E-state index is 0.0115. The molecule has 5 heteroatoms. The number of anilines is 1. The number of carbonyl (C=O) groups excluding carboxylic acids is 1. The maximum atomic E-state index is 12.3. The summed E-state index contributed by atoms with van der Waals surface area (Å²) in [4.78, 5) is 18.2. The summed E-state index contributed by atoms with van der Waals surface area (Å²) in [6.45, 7) is 3.93. The lowest BCUT2D eigenvalue weighted by Crippen LogP contribution is -2.36. The standard InChI is InChI=1S/C21H23N3O2/c1-14(2)24(3)20(25)13-26-18-10-8-15-6-4-5-7-17(15)21(18)16-9-11-19(22)23-12-16/h4-12,14H,13H2,1-3H3,(H2,22,23). The number of nitrogen functional groups attached to an aromatic ring is 1. The summed E-state index contributed by atoms with van der Waals surface area (Å²) in [5, 5.41) is 2.14. The van der Waals surface area contributed by atoms with Crippen molar-refractivity contribution in [1.82, 2.24) is 9.88 Å². The Kier molecular flexibility index (Phi) is 5.07. The third-order valence-electron chi connectivity index (χ3n) is 4.48. The number of benzene rings is 2. The van der Waals surface area contributed by atoms with Crippen molar-refractivity contribution in [2.45, 2.75) is 19.9 Å². The Labute approximate surface area is 153 Å². The van der Waals surface area contributed by atoms with Gasteiger partial charge in [-0.05, 0) is 42.8 Å². The molecule has 0 bridgehead atoms. The summed E-state index contributed by atoms with van der Waals surface area (Å²) in [5.74, 6) is 1.06. The van der Waals surface area contributed by atoms with Crippen LogP contribution in [0.2, 0.25) is 0 Å². The molecular weight excluding hydrogens is 326 g/mol. The molecule has 1 heterocycles. The first kappa shape index (κ1) is 17.7. The molecule has 3 rings (SSSR count). The molecule has 2 N–H and O–H groups in total. The number of likely N-dealkylation sites (N-methyl/N-ethyl adjacent to an activating group) is 1. The molecule has 1 aromatic heterocycles. The predicted octanol–water partition coefficient (Wildman–Crippen LogP) is 3.73. The monoisotopic (exact) mass is 349 g/mol. The Balaban J connectivity index is 2.01. The van der Waals surface area contributed by atoms with E-state index >= 15 is 0 Å². The Hall–Kier alpha value is -3.08. The SMILES string of the molecule is CC(C)N(C)C(=O)COc1ccc2ccccc2c1-c1ccc(N)nc1. The number of nitrogens with two attached hydrogens (primary N) is 1. The summed E-state index contributed by atoms with van der Waals surface area (Å²) in [5.41, 5.74) is 7.53. The summed E-state index contributed by atoms with van der Waals surface area (Å²) in [6, 6.07) is 15.8. The zero-order valence-electron chi connectivity index (χ0n) is 15.3. The number of pyridine rings is 1. The topological polar surface area (TPSA) is 68.5 Å². The first-order chi connectivity index (χ1) is 12.5. The van der Waals surface area contributed by atoms with Crippen LogP contribution in [0.15, 0.2) is 54.7 Å². The Morgan fingerprint density at radius 2 is 1.92 bits per heavy atom. The summed E-state index contributed by atoms with van der Waals surface area (Å²) in [6.07, 6.45) is 1.73. The molecule has 3 aromatic rings. The van der Waals surface area contributed by atoms with Crippen LogP contribution >= 0.6 is 0 Å². The van der Waals surface area contributed by atoms with Gasteiger partial charge < -0.3 is 15.4 Å². The first-order valence-corrected chi connectivity index (χ1v) is 8.59. The zero-order valence-corrected chi connectivity index (χ0v) is 15.3. The largest absolute Gasteiger partial charge is 0.483 e. The average molecular weight is 349 g/mol. The Morgan fingerprint density at radius 3 is 2.62 bits per heavy atom. The van der Waals surface area contributed by atoms with Crippen molar-refractivity contribution < 1.29 is 9.53 Å². The molecule has 2 aromatic carbocycles. The van der Waals surface area contributed by atoms with Gasteiger partial charge >= 0.3 is 0 Å². The van der Waals surface area contributed by atoms with Crippen molar-refractivity contribution >= 4 is 22.5 Å². The molecule has 0 saturated carbocycles. The van der Waals surface area contributed by atoms with Crippen LogP contribution in [0.25, 0.3) is 21.9 Å². The Morgan fingerprint density at radius 1 is 1.15 bits per heavy atom. The molecule has 0 fully saturated rings. The van der Waals surface area contributed by atoms with Crippen LogP contribution in [0.3, 0.4) is 0 Å². The molecule has 0 aliphatic carbocycles. The van der Waals surface area contributed by atoms with Crippen LogP contribution in [0.1, 0.15) is 13.8 Å². The number of ether oxygens (including phenoxy) is 1. The van der Waals surface area contributed by atoms with Crippen LogP contribution < -0.4 is 10.5 Å². The Bertz CT molecular complexity index is 920. The maximum Gasteiger partial charge on any atom is 0.260 e. The van der Waals surface area contributed by atoms with Gasteiger partial charge in [0.2, 0.25) is 0 Å². The van der Waals surface area contributed by atoms with Crippen LogP contribution in [-0.2, 0) is 4.79 Å². The van der Waals surface area contributed by atoms with E-state index in [1.165, 1.54) is 0 Å². The normalized spacial score (nSPS) is 10.9. The van der Waals surface area contributed by atoms with E-state index in [4.69, 9.17) is 10.5 Å². The highest BCUT2D eigenvalue weighted by Crippen LogP contribution is 2.37. The molecule has 0 atom stereocenters. The summed E-state index contributed by atoms with van der Waals surface area (Å²) >= 11 is 0. The highest BCUT2D eigenvalue weighted by molar-refractivity contribution is 5.99. The van der Waals surface area contributed by atoms with Gasteiger partial charge in [-0.15, -0.1) is 0 Å². The van der Waals surface area contributed by atoms with Crippen molar-refractivity contribution in [2.75, 3.05) is 19.4 Å². The molecule has 5 nitrogen and oxygen atoms in total. The maximum absolute atomic E-state index is 12.3. The van der Waals surface area contributed by atoms with E-state index < -0.39 is 0 Å². The van der Waals surface area contributed by atoms with E-state index in [9.17, 15) is 4.79 Å². The number of carbonyl (C=O) groups is 1. The van der Waals surface area contributed by atoms with E-state index in [1.807, 2.05) is 56.3 Å². The van der Waals surface area contributed by atoms with Crippen LogP contribution in [-0.4, -0.2) is 35.5 Å². The zero-order chi connectivity index (χ0) is 18.7. The minimum atomic E-state index is -0.0606. The second-order valence-electron chi connectivity index (χ2n) is 6.52. The minimum Gasteiger partial charge on any atom is -0.483 e. The molecule has 0 radical (unpaired) electrons. The van der Waals surface area contributed by atoms with E-state index in [2.05, 4.69) is 4.98 Å². The quantitative estimate of drug-likeness (QED) is 0.762. The van der Waals surface area contributed by atoms with Gasteiger partial charge in [-0.1, -0.05) is 30.3 Å². The number of hydrogen-bond donors (Lipinski definition) is 1. The molecule has 134 valence electrons. The van der Waals surface area contributed by atoms with Gasteiger partial charge in [0.15, 0.2) is 6.61 Å². The number of rotatable bonds is 5. The second-order valence-corrected chi connectivity index (χ2v) is 6.52. The lowest BCUT2D eigenvalue weighted by molar-refractivity contribution is -0.133. The van der Waals surface area contributed by atoms with Crippen molar-refractivity contribution in [3.8, 4) is 16.9 Å². The van der Waals surface area contributed by atoms with Gasteiger partial charge in [-0.3, -0.25) is 4.79 Å². The van der Waals surface area contributed by atoms with E-state index in [-0.39, 0.29) is 18.6 Å². The molecule has 0 unspecified atom stereocenters. The number of aromatic nitrogens is 1. The van der Waals surface area contributed by atoms with E-state index in [1.54, 1.807) is 24.2 Å². The van der Waals surface area contributed by atoms with Gasteiger partial charge in [0.25, 0.3) is 5.91 Å². The van der Waals surface area contributed by atoms with E-state index in [0.29, 0.717) is 11.6 Å². The average Bonchev–Trinajstić information content (AvgIpc) is 2.65. The van der Waals surface area contributed by atoms with Crippen molar-refractivity contribution in [3.63, 3.8) is 0 Å². The van der Waals surface area contributed by atoms with Crippen LogP contribution in [0.5, 0.6) is 5.75 Å².